The van der Waals surface area contributed by atoms with E-state index >= 15 is 0 Å². The van der Waals surface area contributed by atoms with Crippen LogP contribution >= 0.6 is 0 Å². The van der Waals surface area contributed by atoms with Crippen LogP contribution in [0.3, 0.4) is 0 Å². The fourth-order valence-corrected chi connectivity index (χ4v) is 2.30. The average molecular weight is 274 g/mol. The zero-order chi connectivity index (χ0) is 14.9. The van der Waals surface area contributed by atoms with Gasteiger partial charge in [-0.3, -0.25) is 0 Å². The van der Waals surface area contributed by atoms with Crippen molar-refractivity contribution in [2.24, 2.45) is 0 Å². The first kappa shape index (κ1) is 14.5. The summed E-state index contributed by atoms with van der Waals surface area (Å²) in [6.07, 6.45) is -0.788. The number of aliphatic hydroxyl groups excluding tert-OH is 1. The van der Waals surface area contributed by atoms with Crippen LogP contribution < -0.4 is 4.74 Å². The second-order valence-electron chi connectivity index (χ2n) is 5.09. The lowest BCUT2D eigenvalue weighted by Gasteiger charge is -2.17. The number of aliphatic hydroxyl groups is 1. The number of benzene rings is 2. The number of ether oxygens (including phenoxy) is 1. The van der Waals surface area contributed by atoms with Crippen molar-refractivity contribution in [2.75, 3.05) is 7.11 Å². The van der Waals surface area contributed by atoms with Gasteiger partial charge in [0.05, 0.1) is 7.11 Å². The summed E-state index contributed by atoms with van der Waals surface area (Å²) in [4.78, 5) is 0. The quantitative estimate of drug-likeness (QED) is 0.921. The van der Waals surface area contributed by atoms with Crippen molar-refractivity contribution in [3.63, 3.8) is 0 Å². The highest BCUT2D eigenvalue weighted by molar-refractivity contribution is 5.43. The van der Waals surface area contributed by atoms with Crippen molar-refractivity contribution >= 4 is 0 Å². The Kier molecular flexibility index (Phi) is 4.09. The number of rotatable bonds is 3. The van der Waals surface area contributed by atoms with E-state index in [-0.39, 0.29) is 5.75 Å². The Hall–Kier alpha value is -1.87. The van der Waals surface area contributed by atoms with Crippen LogP contribution in [0.2, 0.25) is 0 Å². The van der Waals surface area contributed by atoms with Crippen molar-refractivity contribution in [3.05, 3.63) is 64.0 Å². The molecule has 1 N–H and O–H groups in total. The van der Waals surface area contributed by atoms with Gasteiger partial charge in [0.25, 0.3) is 0 Å². The highest BCUT2D eigenvalue weighted by Gasteiger charge is 2.16. The summed E-state index contributed by atoms with van der Waals surface area (Å²) in [7, 11) is 1.41. The molecule has 0 saturated carbocycles. The number of methoxy groups -OCH3 is 1. The summed E-state index contributed by atoms with van der Waals surface area (Å²) in [6.45, 7) is 6.02. The van der Waals surface area contributed by atoms with Gasteiger partial charge >= 0.3 is 0 Å². The summed E-state index contributed by atoms with van der Waals surface area (Å²) in [5.74, 6) is -0.289. The summed E-state index contributed by atoms with van der Waals surface area (Å²) < 4.78 is 18.4. The molecule has 0 radical (unpaired) electrons. The van der Waals surface area contributed by atoms with Crippen molar-refractivity contribution in [1.29, 1.82) is 0 Å². The fraction of sp³-hybridized carbons (Fsp3) is 0.294. The minimum absolute atomic E-state index is 0.142. The highest BCUT2D eigenvalue weighted by atomic mass is 19.1. The van der Waals surface area contributed by atoms with E-state index in [0.29, 0.717) is 5.56 Å². The van der Waals surface area contributed by atoms with Crippen LogP contribution in [0.1, 0.15) is 33.9 Å². The molecule has 106 valence electrons. The maximum Gasteiger partial charge on any atom is 0.165 e. The number of hydrogen-bond acceptors (Lipinski definition) is 2. The Morgan fingerprint density at radius 2 is 1.65 bits per heavy atom. The average Bonchev–Trinajstić information content (AvgIpc) is 2.42. The molecule has 0 bridgehead atoms. The van der Waals surface area contributed by atoms with Crippen molar-refractivity contribution in [3.8, 4) is 5.75 Å². The molecular weight excluding hydrogens is 255 g/mol. The third-order valence-corrected chi connectivity index (χ3v) is 3.67. The van der Waals surface area contributed by atoms with E-state index in [0.717, 1.165) is 16.7 Å². The molecule has 3 heteroatoms. The Morgan fingerprint density at radius 1 is 1.00 bits per heavy atom. The van der Waals surface area contributed by atoms with Gasteiger partial charge in [-0.15, -0.1) is 0 Å². The van der Waals surface area contributed by atoms with Gasteiger partial charge in [0, 0.05) is 0 Å². The first-order valence-electron chi connectivity index (χ1n) is 6.53. The maximum absolute atomic E-state index is 13.4. The normalized spacial score (nSPS) is 12.3. The van der Waals surface area contributed by atoms with Crippen molar-refractivity contribution in [2.45, 2.75) is 26.9 Å². The molecule has 0 heterocycles. The third kappa shape index (κ3) is 2.68. The zero-order valence-electron chi connectivity index (χ0n) is 12.2. The largest absolute Gasteiger partial charge is 0.494 e. The Morgan fingerprint density at radius 3 is 2.30 bits per heavy atom. The van der Waals surface area contributed by atoms with E-state index in [9.17, 15) is 9.50 Å². The van der Waals surface area contributed by atoms with Gasteiger partial charge in [0.2, 0.25) is 0 Å². The van der Waals surface area contributed by atoms with Gasteiger partial charge in [-0.2, -0.15) is 0 Å². The molecule has 0 saturated heterocycles. The molecule has 0 fully saturated rings. The van der Waals surface area contributed by atoms with Gasteiger partial charge in [0.15, 0.2) is 11.6 Å². The molecule has 2 rings (SSSR count). The summed E-state index contributed by atoms with van der Waals surface area (Å²) in [5, 5.41) is 10.5. The molecular formula is C17H19FO2. The molecule has 1 unspecified atom stereocenters. The monoisotopic (exact) mass is 274 g/mol. The molecule has 0 spiro atoms. The van der Waals surface area contributed by atoms with Crippen LogP contribution in [-0.4, -0.2) is 12.2 Å². The third-order valence-electron chi connectivity index (χ3n) is 3.67. The number of aryl methyl sites for hydroxylation is 3. The first-order chi connectivity index (χ1) is 9.43. The van der Waals surface area contributed by atoms with Crippen molar-refractivity contribution < 1.29 is 14.2 Å². The fourth-order valence-electron chi connectivity index (χ4n) is 2.30. The summed E-state index contributed by atoms with van der Waals surface area (Å²) in [6, 6.07) is 8.46. The number of hydrogen-bond donors (Lipinski definition) is 1. The predicted molar refractivity (Wildman–Crippen MR) is 77.7 cm³/mol. The van der Waals surface area contributed by atoms with Gasteiger partial charge in [-0.1, -0.05) is 18.2 Å². The van der Waals surface area contributed by atoms with Crippen LogP contribution in [0.4, 0.5) is 4.39 Å². The molecule has 0 aromatic heterocycles. The SMILES string of the molecule is COc1cc(C(O)c2cc(C)c(C)cc2C)ccc1F. The van der Waals surface area contributed by atoms with Gasteiger partial charge in [-0.25, -0.2) is 4.39 Å². The topological polar surface area (TPSA) is 29.5 Å². The van der Waals surface area contributed by atoms with Crippen LogP contribution in [0.25, 0.3) is 0 Å². The zero-order valence-corrected chi connectivity index (χ0v) is 12.2. The molecule has 0 amide bonds. The van der Waals surface area contributed by atoms with E-state index in [1.54, 1.807) is 6.07 Å². The number of halogens is 1. The Labute approximate surface area is 118 Å². The molecule has 0 aliphatic heterocycles. The molecule has 2 aromatic rings. The van der Waals surface area contributed by atoms with Crippen LogP contribution in [-0.2, 0) is 0 Å². The molecule has 0 aliphatic carbocycles. The van der Waals surface area contributed by atoms with E-state index in [1.807, 2.05) is 26.8 Å². The molecule has 0 aliphatic rings. The standard InChI is InChI=1S/C17H19FO2/c1-10-7-12(3)14(8-11(10)2)17(19)13-5-6-15(18)16(9-13)20-4/h5-9,17,19H,1-4H3. The molecule has 2 nitrogen and oxygen atoms in total. The lowest BCUT2D eigenvalue weighted by Crippen LogP contribution is -2.04. The van der Waals surface area contributed by atoms with Crippen LogP contribution in [0.15, 0.2) is 30.3 Å². The van der Waals surface area contributed by atoms with Crippen molar-refractivity contribution in [1.82, 2.24) is 0 Å². The highest BCUT2D eigenvalue weighted by Crippen LogP contribution is 2.30. The molecule has 20 heavy (non-hydrogen) atoms. The lowest BCUT2D eigenvalue weighted by atomic mass is 9.93. The molecule has 1 atom stereocenters. The van der Waals surface area contributed by atoms with E-state index in [1.165, 1.54) is 24.8 Å². The maximum atomic E-state index is 13.4. The van der Waals surface area contributed by atoms with Gasteiger partial charge in [0.1, 0.15) is 6.10 Å². The first-order valence-corrected chi connectivity index (χ1v) is 6.53. The van der Waals surface area contributed by atoms with Gasteiger partial charge in [-0.05, 0) is 60.7 Å². The minimum Gasteiger partial charge on any atom is -0.494 e. The Balaban J connectivity index is 2.46. The summed E-state index contributed by atoms with van der Waals surface area (Å²) in [5.41, 5.74) is 4.79. The van der Waals surface area contributed by atoms with Crippen LogP contribution in [0.5, 0.6) is 5.75 Å². The van der Waals surface area contributed by atoms with Crippen LogP contribution in [0, 0.1) is 26.6 Å². The Bertz CT molecular complexity index is 635. The predicted octanol–water partition coefficient (Wildman–Crippen LogP) is 3.84. The lowest BCUT2D eigenvalue weighted by molar-refractivity contribution is 0.218. The van der Waals surface area contributed by atoms with Gasteiger partial charge < -0.3 is 9.84 Å². The van der Waals surface area contributed by atoms with E-state index in [4.69, 9.17) is 4.74 Å². The van der Waals surface area contributed by atoms with E-state index < -0.39 is 11.9 Å². The summed E-state index contributed by atoms with van der Waals surface area (Å²) >= 11 is 0. The minimum atomic E-state index is -0.788. The smallest absolute Gasteiger partial charge is 0.165 e. The second-order valence-corrected chi connectivity index (χ2v) is 5.09. The molecule has 2 aromatic carbocycles. The van der Waals surface area contributed by atoms with E-state index in [2.05, 4.69) is 6.07 Å². The second kappa shape index (κ2) is 5.63.